The number of likely N-dealkylation sites (N-methyl/N-ethyl adjacent to an activating group) is 2. The highest BCUT2D eigenvalue weighted by Gasteiger charge is 2.16. The first-order chi connectivity index (χ1) is 16.3. The lowest BCUT2D eigenvalue weighted by Gasteiger charge is -2.24. The van der Waals surface area contributed by atoms with Crippen LogP contribution in [0.2, 0.25) is 0 Å². The Kier molecular flexibility index (Phi) is 6.51. The molecule has 0 saturated heterocycles. The van der Waals surface area contributed by atoms with E-state index in [1.807, 2.05) is 45.0 Å². The van der Waals surface area contributed by atoms with Gasteiger partial charge in [0.25, 0.3) is 0 Å². The molecule has 0 aliphatic rings. The monoisotopic (exact) mass is 464 g/mol. The van der Waals surface area contributed by atoms with Gasteiger partial charge in [0.05, 0.1) is 24.2 Å². The molecule has 0 amide bonds. The van der Waals surface area contributed by atoms with Crippen molar-refractivity contribution in [3.63, 3.8) is 0 Å². The van der Waals surface area contributed by atoms with Gasteiger partial charge in [0, 0.05) is 55.9 Å². The minimum Gasteiger partial charge on any atom is -0.494 e. The van der Waals surface area contributed by atoms with Crippen LogP contribution < -0.4 is 20.7 Å². The summed E-state index contributed by atoms with van der Waals surface area (Å²) in [5, 5.41) is 3.91. The summed E-state index contributed by atoms with van der Waals surface area (Å²) in [6.45, 7) is 1.71. The summed E-state index contributed by atoms with van der Waals surface area (Å²) >= 11 is 0. The van der Waals surface area contributed by atoms with Crippen molar-refractivity contribution in [2.24, 2.45) is 7.05 Å². The van der Waals surface area contributed by atoms with Crippen LogP contribution in [0.15, 0.2) is 42.9 Å². The second-order valence-electron chi connectivity index (χ2n) is 8.41. The quantitative estimate of drug-likeness (QED) is 0.383. The maximum atomic E-state index is 13.9. The number of rotatable bonds is 8. The number of halogens is 1. The van der Waals surface area contributed by atoms with E-state index in [0.717, 1.165) is 29.7 Å². The van der Waals surface area contributed by atoms with E-state index in [-0.39, 0.29) is 5.82 Å². The average molecular weight is 465 g/mol. The van der Waals surface area contributed by atoms with Crippen molar-refractivity contribution < 1.29 is 9.13 Å². The SMILES string of the molecule is COc1cc(N(C)CCN(C)C)c(N)cc1Nc1ncnc(-c2cn(C)c3ccc(F)cc23)n1. The number of hydrogen-bond donors (Lipinski definition) is 2. The highest BCUT2D eigenvalue weighted by atomic mass is 19.1. The molecule has 9 nitrogen and oxygen atoms in total. The number of fused-ring (bicyclic) bond motifs is 1. The highest BCUT2D eigenvalue weighted by molar-refractivity contribution is 5.94. The van der Waals surface area contributed by atoms with Crippen LogP contribution >= 0.6 is 0 Å². The first-order valence-corrected chi connectivity index (χ1v) is 10.8. The van der Waals surface area contributed by atoms with Crippen LogP contribution in [0.1, 0.15) is 0 Å². The predicted octanol–water partition coefficient (Wildman–Crippen LogP) is 3.50. The van der Waals surface area contributed by atoms with E-state index >= 15 is 0 Å². The summed E-state index contributed by atoms with van der Waals surface area (Å²) in [7, 11) is 9.55. The smallest absolute Gasteiger partial charge is 0.230 e. The molecule has 4 aromatic rings. The lowest BCUT2D eigenvalue weighted by molar-refractivity contribution is 0.413. The summed E-state index contributed by atoms with van der Waals surface area (Å²) in [5.41, 5.74) is 10.1. The zero-order chi connectivity index (χ0) is 24.4. The molecule has 4 rings (SSSR count). The minimum absolute atomic E-state index is 0.316. The van der Waals surface area contributed by atoms with Gasteiger partial charge in [0.15, 0.2) is 5.82 Å². The van der Waals surface area contributed by atoms with Gasteiger partial charge < -0.3 is 30.2 Å². The van der Waals surface area contributed by atoms with Gasteiger partial charge in [-0.1, -0.05) is 0 Å². The van der Waals surface area contributed by atoms with Gasteiger partial charge in [-0.25, -0.2) is 14.4 Å². The molecule has 0 aliphatic carbocycles. The standard InChI is InChI=1S/C24H29FN8O/c1-31(2)8-9-32(3)21-12-22(34-5)19(11-18(21)26)29-24-28-14-27-23(30-24)17-13-33(4)20-7-6-15(25)10-16(17)20/h6-7,10-14H,8-9,26H2,1-5H3,(H,27,28,29,30). The lowest BCUT2D eigenvalue weighted by Crippen LogP contribution is -2.29. The van der Waals surface area contributed by atoms with E-state index in [4.69, 9.17) is 10.5 Å². The number of ether oxygens (including phenoxy) is 1. The van der Waals surface area contributed by atoms with Gasteiger partial charge >= 0.3 is 0 Å². The number of aryl methyl sites for hydroxylation is 1. The van der Waals surface area contributed by atoms with Crippen molar-refractivity contribution in [2.75, 3.05) is 57.3 Å². The van der Waals surface area contributed by atoms with Crippen molar-refractivity contribution in [1.29, 1.82) is 0 Å². The largest absolute Gasteiger partial charge is 0.494 e. The number of aromatic nitrogens is 4. The lowest BCUT2D eigenvalue weighted by atomic mass is 10.1. The second kappa shape index (κ2) is 9.52. The molecule has 0 fully saturated rings. The fourth-order valence-corrected chi connectivity index (χ4v) is 3.80. The maximum Gasteiger partial charge on any atom is 0.230 e. The average Bonchev–Trinajstić information content (AvgIpc) is 3.13. The fraction of sp³-hybridized carbons (Fsp3) is 0.292. The molecule has 0 saturated carbocycles. The van der Waals surface area contributed by atoms with E-state index < -0.39 is 0 Å². The summed E-state index contributed by atoms with van der Waals surface area (Å²) in [4.78, 5) is 17.3. The Bertz CT molecular complexity index is 1320. The molecule has 2 aromatic heterocycles. The van der Waals surface area contributed by atoms with Gasteiger partial charge in [0.2, 0.25) is 5.95 Å². The molecular weight excluding hydrogens is 435 g/mol. The Hall–Kier alpha value is -3.92. The van der Waals surface area contributed by atoms with Crippen LogP contribution in [-0.4, -0.2) is 65.8 Å². The van der Waals surface area contributed by atoms with E-state index in [9.17, 15) is 4.39 Å². The first kappa shape index (κ1) is 23.2. The number of benzene rings is 2. The Balaban J connectivity index is 1.65. The molecule has 0 radical (unpaired) electrons. The topological polar surface area (TPSA) is 97.4 Å². The predicted molar refractivity (Wildman–Crippen MR) is 134 cm³/mol. The van der Waals surface area contributed by atoms with E-state index in [0.29, 0.717) is 34.5 Å². The molecule has 0 aliphatic heterocycles. The van der Waals surface area contributed by atoms with E-state index in [2.05, 4.69) is 30.1 Å². The maximum absolute atomic E-state index is 13.9. The molecule has 178 valence electrons. The number of nitrogens with one attached hydrogen (secondary N) is 1. The third-order valence-electron chi connectivity index (χ3n) is 5.65. The normalized spacial score (nSPS) is 11.3. The van der Waals surface area contributed by atoms with Crippen LogP contribution in [-0.2, 0) is 7.05 Å². The van der Waals surface area contributed by atoms with E-state index in [1.54, 1.807) is 19.2 Å². The van der Waals surface area contributed by atoms with Gasteiger partial charge in [-0.3, -0.25) is 0 Å². The van der Waals surface area contributed by atoms with Gasteiger partial charge in [-0.2, -0.15) is 4.98 Å². The van der Waals surface area contributed by atoms with Crippen LogP contribution in [0.4, 0.5) is 27.4 Å². The van der Waals surface area contributed by atoms with Crippen molar-refractivity contribution in [3.8, 4) is 17.1 Å². The molecule has 34 heavy (non-hydrogen) atoms. The number of methoxy groups -OCH3 is 1. The van der Waals surface area contributed by atoms with Crippen molar-refractivity contribution in [3.05, 3.63) is 48.7 Å². The number of nitrogens with two attached hydrogens (primary N) is 1. The Morgan fingerprint density at radius 3 is 2.65 bits per heavy atom. The molecule has 10 heteroatoms. The summed E-state index contributed by atoms with van der Waals surface area (Å²) in [6.07, 6.45) is 3.29. The molecule has 2 aromatic carbocycles. The molecular formula is C24H29FN8O. The van der Waals surface area contributed by atoms with Crippen LogP contribution in [0.3, 0.4) is 0 Å². The minimum atomic E-state index is -0.316. The molecule has 0 unspecified atom stereocenters. The van der Waals surface area contributed by atoms with Crippen molar-refractivity contribution in [1.82, 2.24) is 24.4 Å². The van der Waals surface area contributed by atoms with Crippen LogP contribution in [0.5, 0.6) is 5.75 Å². The molecule has 0 spiro atoms. The fourth-order valence-electron chi connectivity index (χ4n) is 3.80. The molecule has 2 heterocycles. The number of nitrogens with zero attached hydrogens (tertiary/aromatic N) is 6. The van der Waals surface area contributed by atoms with Gasteiger partial charge in [-0.15, -0.1) is 0 Å². The third kappa shape index (κ3) is 4.72. The first-order valence-electron chi connectivity index (χ1n) is 10.8. The summed E-state index contributed by atoms with van der Waals surface area (Å²) in [6, 6.07) is 8.35. The molecule has 0 bridgehead atoms. The van der Waals surface area contributed by atoms with E-state index in [1.165, 1.54) is 18.5 Å². The zero-order valence-corrected chi connectivity index (χ0v) is 20.0. The van der Waals surface area contributed by atoms with Crippen molar-refractivity contribution in [2.45, 2.75) is 0 Å². The van der Waals surface area contributed by atoms with Gasteiger partial charge in [-0.05, 0) is 38.4 Å². The highest BCUT2D eigenvalue weighted by Crippen LogP contribution is 2.36. The third-order valence-corrected chi connectivity index (χ3v) is 5.65. The molecule has 0 atom stereocenters. The zero-order valence-electron chi connectivity index (χ0n) is 20.0. The van der Waals surface area contributed by atoms with Crippen LogP contribution in [0.25, 0.3) is 22.3 Å². The summed E-state index contributed by atoms with van der Waals surface area (Å²) < 4.78 is 21.4. The Labute approximate surface area is 198 Å². The Morgan fingerprint density at radius 1 is 1.12 bits per heavy atom. The summed E-state index contributed by atoms with van der Waals surface area (Å²) in [5.74, 6) is 1.05. The Morgan fingerprint density at radius 2 is 1.91 bits per heavy atom. The number of hydrogen-bond acceptors (Lipinski definition) is 8. The molecule has 3 N–H and O–H groups in total. The van der Waals surface area contributed by atoms with Gasteiger partial charge in [0.1, 0.15) is 17.9 Å². The number of nitrogen functional groups attached to an aromatic ring is 1. The second-order valence-corrected chi connectivity index (χ2v) is 8.41. The van der Waals surface area contributed by atoms with Crippen LogP contribution in [0, 0.1) is 5.82 Å². The number of anilines is 4. The van der Waals surface area contributed by atoms with Crippen molar-refractivity contribution >= 4 is 33.9 Å².